The lowest BCUT2D eigenvalue weighted by atomic mass is 10.1. The summed E-state index contributed by atoms with van der Waals surface area (Å²) in [5.74, 6) is -1.08. The van der Waals surface area contributed by atoms with Gasteiger partial charge in [-0.05, 0) is 44.7 Å². The van der Waals surface area contributed by atoms with Crippen LogP contribution in [0.1, 0.15) is 55.8 Å². The molecule has 1 N–H and O–H groups in total. The molecule has 1 amide bonds. The Morgan fingerprint density at radius 2 is 1.89 bits per heavy atom. The van der Waals surface area contributed by atoms with E-state index in [0.29, 0.717) is 5.69 Å². The van der Waals surface area contributed by atoms with Crippen molar-refractivity contribution in [2.75, 3.05) is 18.0 Å². The Balaban J connectivity index is 1.73. The molecule has 0 unspecified atom stereocenters. The van der Waals surface area contributed by atoms with Crippen LogP contribution < -0.4 is 10.2 Å². The van der Waals surface area contributed by atoms with Crippen LogP contribution >= 0.6 is 0 Å². The fourth-order valence-electron chi connectivity index (χ4n) is 3.20. The number of rotatable bonds is 6. The van der Waals surface area contributed by atoms with Crippen molar-refractivity contribution in [3.05, 3.63) is 33.9 Å². The standard InChI is InChI=1S/C19H25N3O5/c1-13(18(23)20-15-7-8-15)27-19(24)14-6-9-16(17(12-14)22(25)26)21-10-4-2-3-5-11-21/h6,9,12-13,15H,2-5,7-8,10-11H2,1H3,(H,20,23)/t13-/m1/s1. The van der Waals surface area contributed by atoms with E-state index in [9.17, 15) is 19.7 Å². The van der Waals surface area contributed by atoms with Gasteiger partial charge >= 0.3 is 5.97 Å². The van der Waals surface area contributed by atoms with Crippen LogP contribution in [-0.2, 0) is 9.53 Å². The minimum atomic E-state index is -0.942. The van der Waals surface area contributed by atoms with Crippen LogP contribution in [0, 0.1) is 10.1 Å². The van der Waals surface area contributed by atoms with Crippen LogP contribution in [0.5, 0.6) is 0 Å². The van der Waals surface area contributed by atoms with E-state index < -0.39 is 17.0 Å². The number of hydrogen-bond donors (Lipinski definition) is 1. The first-order valence-electron chi connectivity index (χ1n) is 9.50. The van der Waals surface area contributed by atoms with Gasteiger partial charge in [0.05, 0.1) is 10.5 Å². The van der Waals surface area contributed by atoms with Crippen molar-refractivity contribution in [3.8, 4) is 0 Å². The third-order valence-electron chi connectivity index (χ3n) is 4.93. The van der Waals surface area contributed by atoms with Gasteiger partial charge in [0.1, 0.15) is 5.69 Å². The molecule has 1 aliphatic carbocycles. The number of ether oxygens (including phenoxy) is 1. The summed E-state index contributed by atoms with van der Waals surface area (Å²) in [6.07, 6.45) is 5.17. The van der Waals surface area contributed by atoms with Crippen LogP contribution in [0.4, 0.5) is 11.4 Å². The van der Waals surface area contributed by atoms with Crippen molar-refractivity contribution < 1.29 is 19.2 Å². The first-order chi connectivity index (χ1) is 13.0. The second-order valence-electron chi connectivity index (χ2n) is 7.19. The Bertz CT molecular complexity index is 724. The van der Waals surface area contributed by atoms with Crippen LogP contribution in [0.3, 0.4) is 0 Å². The number of nitrogens with zero attached hydrogens (tertiary/aromatic N) is 2. The molecule has 1 heterocycles. The molecule has 146 valence electrons. The van der Waals surface area contributed by atoms with Gasteiger partial charge in [-0.2, -0.15) is 0 Å². The number of nitrogens with one attached hydrogen (secondary N) is 1. The number of anilines is 1. The smallest absolute Gasteiger partial charge is 0.339 e. The number of benzene rings is 1. The zero-order chi connectivity index (χ0) is 19.4. The van der Waals surface area contributed by atoms with Gasteiger partial charge in [0, 0.05) is 25.2 Å². The number of hydrogen-bond acceptors (Lipinski definition) is 6. The fourth-order valence-corrected chi connectivity index (χ4v) is 3.20. The maximum atomic E-state index is 12.3. The third-order valence-corrected chi connectivity index (χ3v) is 4.93. The molecule has 8 nitrogen and oxygen atoms in total. The van der Waals surface area contributed by atoms with Crippen molar-refractivity contribution in [2.24, 2.45) is 0 Å². The Hall–Kier alpha value is -2.64. The van der Waals surface area contributed by atoms with Gasteiger partial charge < -0.3 is 15.0 Å². The quantitative estimate of drug-likeness (QED) is 0.466. The summed E-state index contributed by atoms with van der Waals surface area (Å²) in [5.41, 5.74) is 0.491. The Kier molecular flexibility index (Phi) is 5.93. The normalized spacial score (nSPS) is 18.3. The predicted octanol–water partition coefficient (Wildman–Crippen LogP) is 2.80. The number of nitro benzene ring substituents is 1. The number of amides is 1. The second-order valence-corrected chi connectivity index (χ2v) is 7.19. The summed E-state index contributed by atoms with van der Waals surface area (Å²) in [5, 5.41) is 14.3. The molecule has 0 radical (unpaired) electrons. The number of carbonyl (C=O) groups is 2. The van der Waals surface area contributed by atoms with E-state index in [1.165, 1.54) is 19.1 Å². The summed E-state index contributed by atoms with van der Waals surface area (Å²) < 4.78 is 5.18. The molecule has 0 bridgehead atoms. The van der Waals surface area contributed by atoms with Crippen LogP contribution in [-0.4, -0.2) is 42.0 Å². The third kappa shape index (κ3) is 4.96. The summed E-state index contributed by atoms with van der Waals surface area (Å²) in [6.45, 7) is 3.03. The van der Waals surface area contributed by atoms with Gasteiger partial charge in [0.2, 0.25) is 0 Å². The predicted molar refractivity (Wildman–Crippen MR) is 99.8 cm³/mol. The van der Waals surface area contributed by atoms with Crippen molar-refractivity contribution in [2.45, 2.75) is 57.6 Å². The van der Waals surface area contributed by atoms with Gasteiger partial charge in [-0.15, -0.1) is 0 Å². The van der Waals surface area contributed by atoms with Gasteiger partial charge in [-0.1, -0.05) is 12.8 Å². The average molecular weight is 375 g/mol. The molecule has 8 heteroatoms. The monoisotopic (exact) mass is 375 g/mol. The Labute approximate surface area is 158 Å². The zero-order valence-electron chi connectivity index (χ0n) is 15.5. The summed E-state index contributed by atoms with van der Waals surface area (Å²) in [4.78, 5) is 37.3. The van der Waals surface area contributed by atoms with E-state index in [1.54, 1.807) is 6.07 Å². The Morgan fingerprint density at radius 1 is 1.22 bits per heavy atom. The van der Waals surface area contributed by atoms with Crippen molar-refractivity contribution in [1.29, 1.82) is 0 Å². The number of carbonyl (C=O) groups excluding carboxylic acids is 2. The lowest BCUT2D eigenvalue weighted by molar-refractivity contribution is -0.384. The summed E-state index contributed by atoms with van der Waals surface area (Å²) >= 11 is 0. The minimum Gasteiger partial charge on any atom is -0.449 e. The summed E-state index contributed by atoms with van der Waals surface area (Å²) in [7, 11) is 0. The Morgan fingerprint density at radius 3 is 2.48 bits per heavy atom. The maximum Gasteiger partial charge on any atom is 0.339 e. The highest BCUT2D eigenvalue weighted by Crippen LogP contribution is 2.31. The lowest BCUT2D eigenvalue weighted by Crippen LogP contribution is -2.37. The molecule has 1 atom stereocenters. The molecule has 0 aromatic heterocycles. The van der Waals surface area contributed by atoms with Crippen molar-refractivity contribution in [1.82, 2.24) is 5.32 Å². The lowest BCUT2D eigenvalue weighted by Gasteiger charge is -2.22. The van der Waals surface area contributed by atoms with Crippen LogP contribution in [0.15, 0.2) is 18.2 Å². The molecular formula is C19H25N3O5. The largest absolute Gasteiger partial charge is 0.449 e. The molecule has 1 aromatic rings. The SMILES string of the molecule is C[C@@H](OC(=O)c1ccc(N2CCCCCC2)c([N+](=O)[O-])c1)C(=O)NC1CC1. The van der Waals surface area contributed by atoms with E-state index in [-0.39, 0.29) is 23.2 Å². The van der Waals surface area contributed by atoms with Gasteiger partial charge in [-0.3, -0.25) is 14.9 Å². The van der Waals surface area contributed by atoms with Crippen LogP contribution in [0.25, 0.3) is 0 Å². The maximum absolute atomic E-state index is 12.3. The minimum absolute atomic E-state index is 0.0753. The first kappa shape index (κ1) is 19.1. The molecular weight excluding hydrogens is 350 g/mol. The highest BCUT2D eigenvalue weighted by molar-refractivity contribution is 5.93. The number of esters is 1. The first-order valence-corrected chi connectivity index (χ1v) is 9.50. The van der Waals surface area contributed by atoms with E-state index in [2.05, 4.69) is 5.32 Å². The molecule has 0 spiro atoms. The molecule has 2 fully saturated rings. The zero-order valence-corrected chi connectivity index (χ0v) is 15.5. The molecule has 27 heavy (non-hydrogen) atoms. The summed E-state index contributed by atoms with van der Waals surface area (Å²) in [6, 6.07) is 4.55. The second kappa shape index (κ2) is 8.37. The van der Waals surface area contributed by atoms with Crippen molar-refractivity contribution >= 4 is 23.3 Å². The van der Waals surface area contributed by atoms with E-state index >= 15 is 0 Å². The molecule has 2 aliphatic rings. The van der Waals surface area contributed by atoms with Crippen LogP contribution in [0.2, 0.25) is 0 Å². The van der Waals surface area contributed by atoms with Gasteiger partial charge in [0.15, 0.2) is 6.10 Å². The average Bonchev–Trinajstić information content (AvgIpc) is 3.47. The van der Waals surface area contributed by atoms with Gasteiger partial charge in [-0.25, -0.2) is 4.79 Å². The van der Waals surface area contributed by atoms with Crippen molar-refractivity contribution in [3.63, 3.8) is 0 Å². The van der Waals surface area contributed by atoms with E-state index in [1.807, 2.05) is 4.90 Å². The molecule has 1 aromatic carbocycles. The highest BCUT2D eigenvalue weighted by Gasteiger charge is 2.28. The van der Waals surface area contributed by atoms with Gasteiger partial charge in [0.25, 0.3) is 11.6 Å². The molecule has 1 saturated carbocycles. The topological polar surface area (TPSA) is 102 Å². The number of nitro groups is 1. The van der Waals surface area contributed by atoms with E-state index in [4.69, 9.17) is 4.74 Å². The molecule has 3 rings (SSSR count). The van der Waals surface area contributed by atoms with E-state index in [0.717, 1.165) is 51.6 Å². The molecule has 1 aliphatic heterocycles. The highest BCUT2D eigenvalue weighted by atomic mass is 16.6. The fraction of sp³-hybridized carbons (Fsp3) is 0.579. The molecule has 1 saturated heterocycles.